The average molecular weight is 282 g/mol. The number of carboxylic acid groups (broad SMARTS) is 1. The van der Waals surface area contributed by atoms with E-state index >= 15 is 0 Å². The van der Waals surface area contributed by atoms with Crippen molar-refractivity contribution in [3.05, 3.63) is 0 Å². The molecule has 5 nitrogen and oxygen atoms in total. The number of carbonyl (C=O) groups is 2. The molecule has 1 heterocycles. The summed E-state index contributed by atoms with van der Waals surface area (Å²) in [6.45, 7) is 2.93. The average Bonchev–Trinajstić information content (AvgIpc) is 2.76. The number of nitrogens with one attached hydrogen (secondary N) is 2. The molecule has 1 saturated heterocycles. The molecule has 19 heavy (non-hydrogen) atoms. The molecule has 0 aromatic carbocycles. The highest BCUT2D eigenvalue weighted by atomic mass is 19.4. The van der Waals surface area contributed by atoms with E-state index in [-0.39, 0.29) is 6.54 Å². The molecule has 0 radical (unpaired) electrons. The second-order valence-corrected chi connectivity index (χ2v) is 4.94. The van der Waals surface area contributed by atoms with Crippen LogP contribution >= 0.6 is 0 Å². The number of hydrogen-bond donors (Lipinski definition) is 3. The molecule has 3 N–H and O–H groups in total. The van der Waals surface area contributed by atoms with Crippen molar-refractivity contribution in [2.45, 2.75) is 38.4 Å². The van der Waals surface area contributed by atoms with Crippen molar-refractivity contribution < 1.29 is 27.9 Å². The molecular weight excluding hydrogens is 265 g/mol. The molecule has 0 spiro atoms. The van der Waals surface area contributed by atoms with E-state index in [2.05, 4.69) is 5.32 Å². The maximum absolute atomic E-state index is 12.8. The van der Waals surface area contributed by atoms with Gasteiger partial charge in [-0.15, -0.1) is 0 Å². The minimum atomic E-state index is -5.06. The molecule has 2 atom stereocenters. The highest BCUT2D eigenvalue weighted by molar-refractivity contribution is 5.90. The first kappa shape index (κ1) is 15.7. The van der Waals surface area contributed by atoms with Gasteiger partial charge in [-0.25, -0.2) is 4.79 Å². The SMILES string of the molecule is CCC1(C(=O)NC(C)(C(=O)O)C(F)(F)F)CCNC1. The van der Waals surface area contributed by atoms with Gasteiger partial charge in [0, 0.05) is 6.54 Å². The smallest absolute Gasteiger partial charge is 0.422 e. The Bertz CT molecular complexity index is 378. The third-order valence-corrected chi connectivity index (χ3v) is 3.76. The molecular formula is C11H17F3N2O3. The van der Waals surface area contributed by atoms with E-state index in [1.807, 2.05) is 0 Å². The zero-order valence-electron chi connectivity index (χ0n) is 10.7. The number of alkyl halides is 3. The predicted octanol–water partition coefficient (Wildman–Crippen LogP) is 0.898. The normalized spacial score (nSPS) is 26.8. The van der Waals surface area contributed by atoms with Gasteiger partial charge in [-0.1, -0.05) is 6.92 Å². The maximum Gasteiger partial charge on any atom is 0.422 e. The third-order valence-electron chi connectivity index (χ3n) is 3.76. The predicted molar refractivity (Wildman–Crippen MR) is 60.4 cm³/mol. The van der Waals surface area contributed by atoms with E-state index in [1.165, 1.54) is 0 Å². The molecule has 0 aromatic heterocycles. The van der Waals surface area contributed by atoms with Gasteiger partial charge in [0.25, 0.3) is 0 Å². The van der Waals surface area contributed by atoms with Crippen LogP contribution in [0, 0.1) is 5.41 Å². The standard InChI is InChI=1S/C11H17F3N2O3/c1-3-10(4-5-15-6-10)7(17)16-9(2,8(18)19)11(12,13)14/h15H,3-6H2,1-2H3,(H,16,17)(H,18,19). The topological polar surface area (TPSA) is 78.4 Å². The lowest BCUT2D eigenvalue weighted by Gasteiger charge is -2.33. The Morgan fingerprint density at radius 2 is 2.00 bits per heavy atom. The van der Waals surface area contributed by atoms with E-state index < -0.39 is 29.0 Å². The van der Waals surface area contributed by atoms with E-state index in [9.17, 15) is 22.8 Å². The summed E-state index contributed by atoms with van der Waals surface area (Å²) in [6.07, 6.45) is -4.32. The van der Waals surface area contributed by atoms with Gasteiger partial charge in [0.2, 0.25) is 11.4 Å². The van der Waals surface area contributed by atoms with Crippen LogP contribution in [-0.4, -0.2) is 41.8 Å². The molecule has 0 aliphatic carbocycles. The highest BCUT2D eigenvalue weighted by Gasteiger charge is 2.59. The van der Waals surface area contributed by atoms with Crippen LogP contribution in [0.15, 0.2) is 0 Å². The molecule has 0 saturated carbocycles. The Morgan fingerprint density at radius 3 is 2.32 bits per heavy atom. The Morgan fingerprint density at radius 1 is 1.42 bits per heavy atom. The second-order valence-electron chi connectivity index (χ2n) is 4.94. The Kier molecular flexibility index (Phi) is 4.14. The molecule has 1 aliphatic rings. The maximum atomic E-state index is 12.8. The summed E-state index contributed by atoms with van der Waals surface area (Å²) in [5.41, 5.74) is -4.24. The summed E-state index contributed by atoms with van der Waals surface area (Å²) in [5.74, 6) is -2.99. The molecule has 8 heteroatoms. The monoisotopic (exact) mass is 282 g/mol. The van der Waals surface area contributed by atoms with Gasteiger partial charge in [0.1, 0.15) is 0 Å². The first-order chi connectivity index (χ1) is 8.59. The molecule has 2 unspecified atom stereocenters. The number of rotatable bonds is 4. The molecule has 0 aromatic rings. The summed E-state index contributed by atoms with van der Waals surface area (Å²) in [5, 5.41) is 13.3. The molecule has 1 amide bonds. The fraction of sp³-hybridized carbons (Fsp3) is 0.818. The van der Waals surface area contributed by atoms with Gasteiger partial charge in [0.05, 0.1) is 5.41 Å². The Labute approximate surface area is 108 Å². The fourth-order valence-electron chi connectivity index (χ4n) is 2.01. The third kappa shape index (κ3) is 2.68. The zero-order valence-corrected chi connectivity index (χ0v) is 10.7. The van der Waals surface area contributed by atoms with Crippen LogP contribution in [-0.2, 0) is 9.59 Å². The summed E-state index contributed by atoms with van der Waals surface area (Å²) in [4.78, 5) is 22.9. The number of amides is 1. The summed E-state index contributed by atoms with van der Waals surface area (Å²) < 4.78 is 38.5. The summed E-state index contributed by atoms with van der Waals surface area (Å²) in [6, 6.07) is 0. The lowest BCUT2D eigenvalue weighted by molar-refractivity contribution is -0.208. The van der Waals surface area contributed by atoms with Crippen LogP contribution < -0.4 is 10.6 Å². The minimum absolute atomic E-state index is 0.253. The lowest BCUT2D eigenvalue weighted by atomic mass is 9.82. The Balaban J connectivity index is 2.98. The summed E-state index contributed by atoms with van der Waals surface area (Å²) in [7, 11) is 0. The number of carbonyl (C=O) groups excluding carboxylic acids is 1. The minimum Gasteiger partial charge on any atom is -0.479 e. The number of aliphatic carboxylic acids is 1. The van der Waals surface area contributed by atoms with Crippen molar-refractivity contribution in [3.8, 4) is 0 Å². The summed E-state index contributed by atoms with van der Waals surface area (Å²) >= 11 is 0. The number of halogens is 3. The molecule has 1 aliphatic heterocycles. The quantitative estimate of drug-likeness (QED) is 0.716. The molecule has 110 valence electrons. The highest BCUT2D eigenvalue weighted by Crippen LogP contribution is 2.34. The van der Waals surface area contributed by atoms with Crippen molar-refractivity contribution in [1.29, 1.82) is 0 Å². The van der Waals surface area contributed by atoms with Gasteiger partial charge < -0.3 is 15.7 Å². The number of hydrogen-bond acceptors (Lipinski definition) is 3. The van der Waals surface area contributed by atoms with E-state index in [0.29, 0.717) is 26.3 Å². The van der Waals surface area contributed by atoms with E-state index in [1.54, 1.807) is 12.2 Å². The van der Waals surface area contributed by atoms with Crippen molar-refractivity contribution in [3.63, 3.8) is 0 Å². The second kappa shape index (κ2) is 4.99. The van der Waals surface area contributed by atoms with Gasteiger partial charge >= 0.3 is 12.1 Å². The van der Waals surface area contributed by atoms with Gasteiger partial charge in [-0.05, 0) is 26.3 Å². The van der Waals surface area contributed by atoms with Crippen LogP contribution in [0.2, 0.25) is 0 Å². The van der Waals surface area contributed by atoms with Crippen LogP contribution in [0.25, 0.3) is 0 Å². The van der Waals surface area contributed by atoms with E-state index in [4.69, 9.17) is 5.11 Å². The van der Waals surface area contributed by atoms with Gasteiger partial charge in [-0.2, -0.15) is 13.2 Å². The van der Waals surface area contributed by atoms with Crippen molar-refractivity contribution in [2.24, 2.45) is 5.41 Å². The van der Waals surface area contributed by atoms with Crippen molar-refractivity contribution >= 4 is 11.9 Å². The fourth-order valence-corrected chi connectivity index (χ4v) is 2.01. The van der Waals surface area contributed by atoms with Crippen LogP contribution in [0.1, 0.15) is 26.7 Å². The van der Waals surface area contributed by atoms with Crippen LogP contribution in [0.4, 0.5) is 13.2 Å². The lowest BCUT2D eigenvalue weighted by Crippen LogP contribution is -2.64. The van der Waals surface area contributed by atoms with Crippen molar-refractivity contribution in [2.75, 3.05) is 13.1 Å². The first-order valence-electron chi connectivity index (χ1n) is 5.92. The molecule has 1 rings (SSSR count). The van der Waals surface area contributed by atoms with Gasteiger partial charge in [-0.3, -0.25) is 4.79 Å². The largest absolute Gasteiger partial charge is 0.479 e. The zero-order chi connectivity index (χ0) is 14.9. The van der Waals surface area contributed by atoms with Gasteiger partial charge in [0.15, 0.2) is 0 Å². The Hall–Kier alpha value is -1.31. The van der Waals surface area contributed by atoms with Crippen LogP contribution in [0.5, 0.6) is 0 Å². The van der Waals surface area contributed by atoms with Crippen molar-refractivity contribution in [1.82, 2.24) is 10.6 Å². The van der Waals surface area contributed by atoms with E-state index in [0.717, 1.165) is 0 Å². The number of carboxylic acids is 1. The van der Waals surface area contributed by atoms with Crippen LogP contribution in [0.3, 0.4) is 0 Å². The first-order valence-corrected chi connectivity index (χ1v) is 5.92. The molecule has 1 fully saturated rings. The molecule has 0 bridgehead atoms.